The summed E-state index contributed by atoms with van der Waals surface area (Å²) in [5.41, 5.74) is 1.67. The molecule has 98 valence electrons. The highest BCUT2D eigenvalue weighted by molar-refractivity contribution is 5.66. The first-order chi connectivity index (χ1) is 9.35. The van der Waals surface area contributed by atoms with E-state index in [1.807, 2.05) is 0 Å². The monoisotopic (exact) mass is 256 g/mol. The molecule has 1 heterocycles. The molecule has 1 aliphatic heterocycles. The summed E-state index contributed by atoms with van der Waals surface area (Å²) >= 11 is 0. The summed E-state index contributed by atoms with van der Waals surface area (Å²) in [7, 11) is 0. The summed E-state index contributed by atoms with van der Waals surface area (Å²) in [6, 6.07) is 9.39. The number of nitrogens with one attached hydrogen (secondary N) is 1. The Kier molecular flexibility index (Phi) is 4.74. The lowest BCUT2D eigenvalue weighted by Crippen LogP contribution is -2.39. The fourth-order valence-electron chi connectivity index (χ4n) is 2.09. The maximum atomic E-state index is 9.06. The van der Waals surface area contributed by atoms with Crippen LogP contribution in [0.25, 0.3) is 0 Å². The highest BCUT2D eigenvalue weighted by Gasteiger charge is 2.11. The van der Waals surface area contributed by atoms with Gasteiger partial charge in [-0.25, -0.2) is 0 Å². The van der Waals surface area contributed by atoms with Crippen molar-refractivity contribution in [2.24, 2.45) is 0 Å². The standard InChI is InChI=1S/C14H16N4O/c15-10-12-2-1-3-13(11-16)14(12)17-4-5-18-6-8-19-9-7-18/h1-3,17H,4-9H2. The minimum Gasteiger partial charge on any atom is -0.382 e. The Bertz CT molecular complexity index is 477. The van der Waals surface area contributed by atoms with E-state index in [1.165, 1.54) is 0 Å². The number of nitrogens with zero attached hydrogens (tertiary/aromatic N) is 3. The van der Waals surface area contributed by atoms with E-state index in [-0.39, 0.29) is 0 Å². The molecule has 1 aromatic rings. The van der Waals surface area contributed by atoms with Gasteiger partial charge in [0.05, 0.1) is 30.0 Å². The highest BCUT2D eigenvalue weighted by Crippen LogP contribution is 2.19. The van der Waals surface area contributed by atoms with Crippen molar-refractivity contribution in [1.29, 1.82) is 10.5 Å². The smallest absolute Gasteiger partial charge is 0.101 e. The van der Waals surface area contributed by atoms with E-state index in [1.54, 1.807) is 18.2 Å². The number of rotatable bonds is 4. The maximum absolute atomic E-state index is 9.06. The summed E-state index contributed by atoms with van der Waals surface area (Å²) in [6.45, 7) is 5.02. The summed E-state index contributed by atoms with van der Waals surface area (Å²) in [6.07, 6.45) is 0. The molecule has 5 heteroatoms. The predicted octanol–water partition coefficient (Wildman–Crippen LogP) is 1.17. The van der Waals surface area contributed by atoms with E-state index in [2.05, 4.69) is 22.4 Å². The lowest BCUT2D eigenvalue weighted by Gasteiger charge is -2.26. The molecule has 0 unspecified atom stereocenters. The molecule has 0 aliphatic carbocycles. The molecule has 1 aliphatic rings. The molecule has 0 atom stereocenters. The number of anilines is 1. The van der Waals surface area contributed by atoms with Crippen molar-refractivity contribution in [2.45, 2.75) is 0 Å². The van der Waals surface area contributed by atoms with Crippen LogP contribution in [0.4, 0.5) is 5.69 Å². The second-order valence-corrected chi connectivity index (χ2v) is 4.33. The third-order valence-corrected chi connectivity index (χ3v) is 3.14. The fourth-order valence-corrected chi connectivity index (χ4v) is 2.09. The molecule has 0 aromatic heterocycles. The molecular weight excluding hydrogens is 240 g/mol. The molecular formula is C14H16N4O. The zero-order chi connectivity index (χ0) is 13.5. The molecule has 0 radical (unpaired) electrons. The minimum atomic E-state index is 0.515. The maximum Gasteiger partial charge on any atom is 0.101 e. The van der Waals surface area contributed by atoms with Crippen LogP contribution in [0.5, 0.6) is 0 Å². The SMILES string of the molecule is N#Cc1cccc(C#N)c1NCCN1CCOCC1. The number of benzene rings is 1. The van der Waals surface area contributed by atoms with Crippen LogP contribution in [0.3, 0.4) is 0 Å². The molecule has 0 bridgehead atoms. The van der Waals surface area contributed by atoms with Crippen molar-refractivity contribution in [3.63, 3.8) is 0 Å². The molecule has 0 amide bonds. The van der Waals surface area contributed by atoms with Crippen molar-refractivity contribution in [1.82, 2.24) is 4.90 Å². The molecule has 2 rings (SSSR count). The molecule has 5 nitrogen and oxygen atoms in total. The number of morpholine rings is 1. The Morgan fingerprint density at radius 3 is 2.37 bits per heavy atom. The number of hydrogen-bond acceptors (Lipinski definition) is 5. The first-order valence-corrected chi connectivity index (χ1v) is 6.32. The van der Waals surface area contributed by atoms with Crippen LogP contribution in [0.15, 0.2) is 18.2 Å². The normalized spacial score (nSPS) is 15.5. The first kappa shape index (κ1) is 13.4. The van der Waals surface area contributed by atoms with E-state index >= 15 is 0 Å². The van der Waals surface area contributed by atoms with Crippen LogP contribution < -0.4 is 5.32 Å². The van der Waals surface area contributed by atoms with Crippen molar-refractivity contribution < 1.29 is 4.74 Å². The van der Waals surface area contributed by atoms with Gasteiger partial charge in [-0.3, -0.25) is 4.90 Å². The summed E-state index contributed by atoms with van der Waals surface area (Å²) < 4.78 is 5.29. The van der Waals surface area contributed by atoms with Gasteiger partial charge in [-0.15, -0.1) is 0 Å². The zero-order valence-electron chi connectivity index (χ0n) is 10.7. The van der Waals surface area contributed by atoms with Gasteiger partial charge in [-0.05, 0) is 12.1 Å². The van der Waals surface area contributed by atoms with Crippen molar-refractivity contribution in [3.8, 4) is 12.1 Å². The number of nitriles is 2. The Labute approximate surface area is 113 Å². The van der Waals surface area contributed by atoms with Gasteiger partial charge in [0.25, 0.3) is 0 Å². The van der Waals surface area contributed by atoms with E-state index < -0.39 is 0 Å². The Hall–Kier alpha value is -2.08. The second-order valence-electron chi connectivity index (χ2n) is 4.33. The van der Waals surface area contributed by atoms with Crippen LogP contribution in [-0.2, 0) is 4.74 Å². The topological polar surface area (TPSA) is 72.1 Å². The van der Waals surface area contributed by atoms with E-state index in [9.17, 15) is 0 Å². The molecule has 1 fully saturated rings. The largest absolute Gasteiger partial charge is 0.382 e. The molecule has 19 heavy (non-hydrogen) atoms. The molecule has 0 spiro atoms. The number of hydrogen-bond donors (Lipinski definition) is 1. The number of para-hydroxylation sites is 1. The average molecular weight is 256 g/mol. The average Bonchev–Trinajstić information content (AvgIpc) is 2.48. The fraction of sp³-hybridized carbons (Fsp3) is 0.429. The lowest BCUT2D eigenvalue weighted by molar-refractivity contribution is 0.0398. The van der Waals surface area contributed by atoms with Crippen LogP contribution in [0.2, 0.25) is 0 Å². The zero-order valence-corrected chi connectivity index (χ0v) is 10.7. The molecule has 1 aromatic carbocycles. The first-order valence-electron chi connectivity index (χ1n) is 6.32. The number of ether oxygens (including phenoxy) is 1. The predicted molar refractivity (Wildman–Crippen MR) is 71.6 cm³/mol. The van der Waals surface area contributed by atoms with Crippen molar-refractivity contribution in [2.75, 3.05) is 44.7 Å². The van der Waals surface area contributed by atoms with E-state index in [4.69, 9.17) is 15.3 Å². The van der Waals surface area contributed by atoms with Gasteiger partial charge in [0.2, 0.25) is 0 Å². The minimum absolute atomic E-state index is 0.515. The third-order valence-electron chi connectivity index (χ3n) is 3.14. The van der Waals surface area contributed by atoms with Gasteiger partial charge in [0, 0.05) is 26.2 Å². The molecule has 0 saturated carbocycles. The Morgan fingerprint density at radius 2 is 1.79 bits per heavy atom. The van der Waals surface area contributed by atoms with Gasteiger partial charge >= 0.3 is 0 Å². The second kappa shape index (κ2) is 6.75. The van der Waals surface area contributed by atoms with E-state index in [0.29, 0.717) is 23.4 Å². The van der Waals surface area contributed by atoms with Crippen molar-refractivity contribution in [3.05, 3.63) is 29.3 Å². The van der Waals surface area contributed by atoms with Crippen LogP contribution in [0.1, 0.15) is 11.1 Å². The van der Waals surface area contributed by atoms with Gasteiger partial charge in [0.15, 0.2) is 0 Å². The van der Waals surface area contributed by atoms with Gasteiger partial charge < -0.3 is 10.1 Å². The highest BCUT2D eigenvalue weighted by atomic mass is 16.5. The van der Waals surface area contributed by atoms with Crippen LogP contribution in [-0.4, -0.2) is 44.3 Å². The van der Waals surface area contributed by atoms with E-state index in [0.717, 1.165) is 32.8 Å². The van der Waals surface area contributed by atoms with Gasteiger partial charge in [0.1, 0.15) is 12.1 Å². The Morgan fingerprint density at radius 1 is 1.16 bits per heavy atom. The summed E-state index contributed by atoms with van der Waals surface area (Å²) in [5, 5.41) is 21.3. The quantitative estimate of drug-likeness (QED) is 0.875. The Balaban J connectivity index is 1.95. The molecule has 1 saturated heterocycles. The third kappa shape index (κ3) is 3.45. The lowest BCUT2D eigenvalue weighted by atomic mass is 10.1. The molecule has 1 N–H and O–H groups in total. The van der Waals surface area contributed by atoms with Gasteiger partial charge in [-0.2, -0.15) is 10.5 Å². The van der Waals surface area contributed by atoms with Crippen LogP contribution >= 0.6 is 0 Å². The van der Waals surface area contributed by atoms with Gasteiger partial charge in [-0.1, -0.05) is 6.07 Å². The summed E-state index contributed by atoms with van der Waals surface area (Å²) in [5.74, 6) is 0. The summed E-state index contributed by atoms with van der Waals surface area (Å²) in [4.78, 5) is 2.30. The van der Waals surface area contributed by atoms with Crippen molar-refractivity contribution >= 4 is 5.69 Å². The van der Waals surface area contributed by atoms with Crippen LogP contribution in [0, 0.1) is 22.7 Å².